The van der Waals surface area contributed by atoms with Crippen molar-refractivity contribution in [2.75, 3.05) is 0 Å². The van der Waals surface area contributed by atoms with E-state index in [-0.39, 0.29) is 13.0 Å². The second-order valence-corrected chi connectivity index (χ2v) is 4.69. The van der Waals surface area contributed by atoms with Crippen molar-refractivity contribution >= 4 is 23.9 Å². The quantitative estimate of drug-likeness (QED) is 0.450. The van der Waals surface area contributed by atoms with E-state index in [4.69, 9.17) is 10.5 Å². The smallest absolute Gasteiger partial charge is 0.429 e. The Morgan fingerprint density at radius 3 is 2.55 bits per heavy atom. The number of imide groups is 1. The minimum Gasteiger partial charge on any atom is -0.429 e. The molecule has 0 spiro atoms. The molecule has 0 radical (unpaired) electrons. The first-order valence-corrected chi connectivity index (χ1v) is 6.49. The second-order valence-electron chi connectivity index (χ2n) is 4.69. The lowest BCUT2D eigenvalue weighted by molar-refractivity contribution is -0.144. The molecule has 0 aliphatic carbocycles. The van der Waals surface area contributed by atoms with E-state index in [9.17, 15) is 19.2 Å². The van der Waals surface area contributed by atoms with E-state index in [2.05, 4.69) is 4.74 Å². The molecular weight excluding hydrogens is 292 g/mol. The van der Waals surface area contributed by atoms with Crippen LogP contribution in [0.2, 0.25) is 0 Å². The summed E-state index contributed by atoms with van der Waals surface area (Å²) in [4.78, 5) is 45.5. The summed E-state index contributed by atoms with van der Waals surface area (Å²) in [6.45, 7) is -0.0649. The summed E-state index contributed by atoms with van der Waals surface area (Å²) in [6.07, 6.45) is -1.43. The van der Waals surface area contributed by atoms with Crippen LogP contribution < -0.4 is 11.1 Å². The third-order valence-electron chi connectivity index (χ3n) is 3.09. The molecule has 0 aromatic heterocycles. The maximum atomic E-state index is 11.7. The van der Waals surface area contributed by atoms with Gasteiger partial charge >= 0.3 is 12.1 Å². The molecule has 1 aliphatic rings. The first-order chi connectivity index (χ1) is 10.5. The zero-order chi connectivity index (χ0) is 16.1. The highest BCUT2D eigenvalue weighted by molar-refractivity contribution is 6.06. The Kier molecular flexibility index (Phi) is 4.84. The van der Waals surface area contributed by atoms with Gasteiger partial charge in [0.2, 0.25) is 11.8 Å². The van der Waals surface area contributed by atoms with Gasteiger partial charge in [-0.1, -0.05) is 30.3 Å². The number of hydrogen-bond donors (Lipinski definition) is 2. The van der Waals surface area contributed by atoms with E-state index in [0.29, 0.717) is 0 Å². The van der Waals surface area contributed by atoms with Gasteiger partial charge in [0.05, 0.1) is 5.92 Å². The average molecular weight is 306 g/mol. The van der Waals surface area contributed by atoms with Crippen LogP contribution in [0.3, 0.4) is 0 Å². The molecule has 2 atom stereocenters. The summed E-state index contributed by atoms with van der Waals surface area (Å²) in [5.74, 6) is -3.34. The molecule has 1 aliphatic heterocycles. The van der Waals surface area contributed by atoms with Crippen LogP contribution in [0.25, 0.3) is 0 Å². The Bertz CT molecular complexity index is 601. The lowest BCUT2D eigenvalue weighted by atomic mass is 9.99. The highest BCUT2D eigenvalue weighted by Crippen LogP contribution is 2.15. The summed E-state index contributed by atoms with van der Waals surface area (Å²) >= 11 is 0. The van der Waals surface area contributed by atoms with Crippen LogP contribution >= 0.6 is 0 Å². The first-order valence-electron chi connectivity index (χ1n) is 6.49. The van der Waals surface area contributed by atoms with Crippen molar-refractivity contribution in [1.82, 2.24) is 5.32 Å². The number of nitrogens with one attached hydrogen (secondary N) is 1. The number of esters is 1. The molecule has 1 heterocycles. The summed E-state index contributed by atoms with van der Waals surface area (Å²) in [5, 5.41) is 2.02. The molecular formula is C14H14N2O6. The number of amides is 2. The van der Waals surface area contributed by atoms with Gasteiger partial charge in [0.1, 0.15) is 12.6 Å². The van der Waals surface area contributed by atoms with Crippen molar-refractivity contribution in [3.63, 3.8) is 0 Å². The summed E-state index contributed by atoms with van der Waals surface area (Å²) in [7, 11) is 0. The maximum Gasteiger partial charge on any atom is 0.516 e. The van der Waals surface area contributed by atoms with Gasteiger partial charge in [0, 0.05) is 6.42 Å². The topological polar surface area (TPSA) is 125 Å². The Morgan fingerprint density at radius 2 is 1.95 bits per heavy atom. The predicted octanol–water partition coefficient (Wildman–Crippen LogP) is -0.144. The minimum atomic E-state index is -1.41. The van der Waals surface area contributed by atoms with Gasteiger partial charge in [-0.15, -0.1) is 0 Å². The van der Waals surface area contributed by atoms with E-state index >= 15 is 0 Å². The van der Waals surface area contributed by atoms with Crippen LogP contribution in [0.5, 0.6) is 0 Å². The fraction of sp³-hybridized carbons (Fsp3) is 0.286. The molecule has 0 saturated carbocycles. The van der Waals surface area contributed by atoms with Gasteiger partial charge in [-0.25, -0.2) is 9.59 Å². The SMILES string of the molecule is NC(C(=O)OC(=O)OCc1ccccc1)C1CC(=O)NC1=O. The molecule has 8 heteroatoms. The molecule has 1 fully saturated rings. The molecule has 116 valence electrons. The Balaban J connectivity index is 1.82. The normalized spacial score (nSPS) is 18.5. The van der Waals surface area contributed by atoms with Crippen LogP contribution in [0.1, 0.15) is 12.0 Å². The van der Waals surface area contributed by atoms with Crippen molar-refractivity contribution < 1.29 is 28.7 Å². The number of nitrogens with two attached hydrogens (primary N) is 1. The summed E-state index contributed by atoms with van der Waals surface area (Å²) in [6, 6.07) is 7.39. The van der Waals surface area contributed by atoms with E-state index in [1.807, 2.05) is 5.32 Å². The number of benzene rings is 1. The maximum absolute atomic E-state index is 11.7. The summed E-state index contributed by atoms with van der Waals surface area (Å²) in [5.41, 5.74) is 6.25. The predicted molar refractivity (Wildman–Crippen MR) is 72.0 cm³/mol. The van der Waals surface area contributed by atoms with Gasteiger partial charge in [0.15, 0.2) is 0 Å². The van der Waals surface area contributed by atoms with Crippen LogP contribution in [-0.2, 0) is 30.5 Å². The molecule has 2 unspecified atom stereocenters. The second kappa shape index (κ2) is 6.81. The molecule has 2 amide bonds. The van der Waals surface area contributed by atoms with Crippen molar-refractivity contribution in [3.05, 3.63) is 35.9 Å². The highest BCUT2D eigenvalue weighted by atomic mass is 16.7. The number of carbonyl (C=O) groups is 4. The van der Waals surface area contributed by atoms with E-state index in [1.165, 1.54) is 0 Å². The zero-order valence-electron chi connectivity index (χ0n) is 11.5. The first kappa shape index (κ1) is 15.6. The van der Waals surface area contributed by atoms with Gasteiger partial charge in [0.25, 0.3) is 0 Å². The molecule has 22 heavy (non-hydrogen) atoms. The number of ether oxygens (including phenoxy) is 2. The van der Waals surface area contributed by atoms with Crippen molar-refractivity contribution in [2.24, 2.45) is 11.7 Å². The monoisotopic (exact) mass is 306 g/mol. The molecule has 8 nitrogen and oxygen atoms in total. The molecule has 2 rings (SSSR count). The molecule has 0 bridgehead atoms. The standard InChI is InChI=1S/C14H14N2O6/c15-11(9-6-10(17)16-12(9)18)13(19)22-14(20)21-7-8-4-2-1-3-5-8/h1-5,9,11H,6-7,15H2,(H,16,17,18). The molecule has 1 aromatic rings. The molecule has 3 N–H and O–H groups in total. The fourth-order valence-corrected chi connectivity index (χ4v) is 1.92. The fourth-order valence-electron chi connectivity index (χ4n) is 1.92. The van der Waals surface area contributed by atoms with E-state index in [0.717, 1.165) is 5.56 Å². The van der Waals surface area contributed by atoms with Crippen molar-refractivity contribution in [1.29, 1.82) is 0 Å². The number of hydrogen-bond acceptors (Lipinski definition) is 7. The number of rotatable bonds is 4. The van der Waals surface area contributed by atoms with Crippen LogP contribution in [0.4, 0.5) is 4.79 Å². The van der Waals surface area contributed by atoms with Crippen LogP contribution in [0.15, 0.2) is 30.3 Å². The van der Waals surface area contributed by atoms with Crippen LogP contribution in [0, 0.1) is 5.92 Å². The Hall–Kier alpha value is -2.74. The third-order valence-corrected chi connectivity index (χ3v) is 3.09. The zero-order valence-corrected chi connectivity index (χ0v) is 11.5. The van der Waals surface area contributed by atoms with Gasteiger partial charge < -0.3 is 15.2 Å². The van der Waals surface area contributed by atoms with Gasteiger partial charge in [-0.3, -0.25) is 14.9 Å². The number of carbonyl (C=O) groups excluding carboxylic acids is 4. The van der Waals surface area contributed by atoms with Crippen molar-refractivity contribution in [3.8, 4) is 0 Å². The van der Waals surface area contributed by atoms with Crippen LogP contribution in [-0.4, -0.2) is 30.0 Å². The molecule has 1 aromatic carbocycles. The highest BCUT2D eigenvalue weighted by Gasteiger charge is 2.40. The average Bonchev–Trinajstić information content (AvgIpc) is 2.84. The van der Waals surface area contributed by atoms with Gasteiger partial charge in [-0.05, 0) is 5.56 Å². The minimum absolute atomic E-state index is 0.0649. The summed E-state index contributed by atoms with van der Waals surface area (Å²) < 4.78 is 9.17. The lowest BCUT2D eigenvalue weighted by Crippen LogP contribution is -2.43. The third kappa shape index (κ3) is 3.89. The molecule has 1 saturated heterocycles. The Morgan fingerprint density at radius 1 is 1.27 bits per heavy atom. The van der Waals surface area contributed by atoms with E-state index in [1.54, 1.807) is 30.3 Å². The van der Waals surface area contributed by atoms with Gasteiger partial charge in [-0.2, -0.15) is 0 Å². The lowest BCUT2D eigenvalue weighted by Gasteiger charge is -2.13. The largest absolute Gasteiger partial charge is 0.516 e. The van der Waals surface area contributed by atoms with E-state index < -0.39 is 35.9 Å². The Labute approximate surface area is 125 Å². The van der Waals surface area contributed by atoms with Crippen molar-refractivity contribution in [2.45, 2.75) is 19.1 Å².